The van der Waals surface area contributed by atoms with Crippen LogP contribution in [-0.4, -0.2) is 40.5 Å². The Hall–Kier alpha value is -1.66. The predicted octanol–water partition coefficient (Wildman–Crippen LogP) is 1.87. The maximum Gasteiger partial charge on any atom is 0.318 e. The molecule has 25 heavy (non-hydrogen) atoms. The highest BCUT2D eigenvalue weighted by Gasteiger charge is 2.74. The van der Waals surface area contributed by atoms with Crippen LogP contribution in [0.15, 0.2) is 23.5 Å². The minimum absolute atomic E-state index is 0.121. The molecule has 4 heterocycles. The van der Waals surface area contributed by atoms with Crippen molar-refractivity contribution in [2.45, 2.75) is 64.6 Å². The van der Waals surface area contributed by atoms with E-state index in [1.165, 1.54) is 6.08 Å². The zero-order valence-corrected chi connectivity index (χ0v) is 15.2. The Morgan fingerprint density at radius 3 is 2.60 bits per heavy atom. The predicted molar refractivity (Wildman–Crippen MR) is 87.1 cm³/mol. The number of ketones is 1. The molecule has 136 valence electrons. The average Bonchev–Trinajstić information content (AvgIpc) is 3.03. The molecule has 2 fully saturated rings. The SMILES string of the molecule is C/C1=C\[C@@H]2OC(=O)[C@]3(C)[C@H]2[C@@H](C[C@@]2(C)OC1=CC2=O)O[C@]3(O)C(C)C. The van der Waals surface area contributed by atoms with Gasteiger partial charge < -0.3 is 19.3 Å². The van der Waals surface area contributed by atoms with E-state index in [0.717, 1.165) is 5.57 Å². The first-order valence-electron chi connectivity index (χ1n) is 8.78. The number of esters is 1. The lowest BCUT2D eigenvalue weighted by atomic mass is 9.66. The van der Waals surface area contributed by atoms with Crippen molar-refractivity contribution in [1.29, 1.82) is 0 Å². The maximum atomic E-state index is 12.8. The molecule has 6 nitrogen and oxygen atoms in total. The zero-order chi connectivity index (χ0) is 18.4. The van der Waals surface area contributed by atoms with Gasteiger partial charge in [0.05, 0.1) is 6.10 Å². The third-order valence-electron chi connectivity index (χ3n) is 6.46. The molecular weight excluding hydrogens is 324 g/mol. The zero-order valence-electron chi connectivity index (χ0n) is 15.2. The summed E-state index contributed by atoms with van der Waals surface area (Å²) >= 11 is 0. The van der Waals surface area contributed by atoms with Crippen molar-refractivity contribution in [3.63, 3.8) is 0 Å². The van der Waals surface area contributed by atoms with Crippen LogP contribution in [0, 0.1) is 17.3 Å². The number of hydrogen-bond donors (Lipinski definition) is 1. The van der Waals surface area contributed by atoms with Gasteiger partial charge in [-0.05, 0) is 32.4 Å². The molecule has 0 radical (unpaired) electrons. The van der Waals surface area contributed by atoms with E-state index in [4.69, 9.17) is 14.2 Å². The number of fused-ring (bicyclic) bond motifs is 2. The fourth-order valence-electron chi connectivity index (χ4n) is 4.86. The van der Waals surface area contributed by atoms with E-state index in [1.807, 2.05) is 26.8 Å². The van der Waals surface area contributed by atoms with E-state index in [1.54, 1.807) is 13.8 Å². The molecule has 4 rings (SSSR count). The van der Waals surface area contributed by atoms with Crippen molar-refractivity contribution in [3.8, 4) is 0 Å². The third kappa shape index (κ3) is 1.87. The molecule has 6 heteroatoms. The third-order valence-corrected chi connectivity index (χ3v) is 6.46. The Kier molecular flexibility index (Phi) is 3.18. The van der Waals surface area contributed by atoms with Gasteiger partial charge in [0.25, 0.3) is 0 Å². The van der Waals surface area contributed by atoms with E-state index in [-0.39, 0.29) is 24.0 Å². The molecule has 0 aromatic carbocycles. The Bertz CT molecular complexity index is 736. The van der Waals surface area contributed by atoms with Gasteiger partial charge in [0, 0.05) is 24.3 Å². The number of allylic oxidation sites excluding steroid dienone is 1. The smallest absolute Gasteiger partial charge is 0.318 e. The van der Waals surface area contributed by atoms with E-state index >= 15 is 0 Å². The van der Waals surface area contributed by atoms with E-state index in [0.29, 0.717) is 5.76 Å². The van der Waals surface area contributed by atoms with Gasteiger partial charge in [0.15, 0.2) is 11.4 Å². The fourth-order valence-corrected chi connectivity index (χ4v) is 4.86. The molecule has 0 aromatic rings. The quantitative estimate of drug-likeness (QED) is 0.729. The Balaban J connectivity index is 1.89. The minimum Gasteiger partial charge on any atom is -0.479 e. The summed E-state index contributed by atoms with van der Waals surface area (Å²) in [7, 11) is 0. The van der Waals surface area contributed by atoms with Crippen molar-refractivity contribution in [3.05, 3.63) is 23.5 Å². The Morgan fingerprint density at radius 2 is 1.96 bits per heavy atom. The molecule has 2 saturated heterocycles. The number of hydrogen-bond acceptors (Lipinski definition) is 6. The summed E-state index contributed by atoms with van der Waals surface area (Å²) in [5, 5.41) is 11.3. The van der Waals surface area contributed by atoms with Gasteiger partial charge in [-0.2, -0.15) is 0 Å². The molecule has 0 unspecified atom stereocenters. The highest BCUT2D eigenvalue weighted by molar-refractivity contribution is 6.00. The molecule has 0 aliphatic carbocycles. The molecular formula is C19H24O6. The van der Waals surface area contributed by atoms with Crippen LogP contribution in [0.2, 0.25) is 0 Å². The lowest BCUT2D eigenvalue weighted by Gasteiger charge is -2.37. The van der Waals surface area contributed by atoms with E-state index in [9.17, 15) is 14.7 Å². The number of carbonyl (C=O) groups is 2. The number of carbonyl (C=O) groups excluding carboxylic acids is 2. The second-order valence-corrected chi connectivity index (χ2v) is 8.37. The molecule has 4 aliphatic heterocycles. The van der Waals surface area contributed by atoms with Gasteiger partial charge in [-0.15, -0.1) is 0 Å². The van der Waals surface area contributed by atoms with Crippen molar-refractivity contribution in [2.75, 3.05) is 0 Å². The van der Waals surface area contributed by atoms with Crippen LogP contribution in [0.4, 0.5) is 0 Å². The van der Waals surface area contributed by atoms with Gasteiger partial charge in [0.1, 0.15) is 17.3 Å². The first-order valence-corrected chi connectivity index (χ1v) is 8.78. The van der Waals surface area contributed by atoms with Gasteiger partial charge in [-0.25, -0.2) is 0 Å². The largest absolute Gasteiger partial charge is 0.479 e. The lowest BCUT2D eigenvalue weighted by Crippen LogP contribution is -2.52. The minimum atomic E-state index is -1.65. The van der Waals surface area contributed by atoms with Crippen LogP contribution in [0.1, 0.15) is 41.0 Å². The van der Waals surface area contributed by atoms with Crippen LogP contribution < -0.4 is 0 Å². The summed E-state index contributed by atoms with van der Waals surface area (Å²) < 4.78 is 17.7. The number of ether oxygens (including phenoxy) is 3. The van der Waals surface area contributed by atoms with Gasteiger partial charge in [-0.3, -0.25) is 9.59 Å². The summed E-state index contributed by atoms with van der Waals surface area (Å²) in [6.07, 6.45) is 2.52. The summed E-state index contributed by atoms with van der Waals surface area (Å²) in [4.78, 5) is 25.3. The fraction of sp³-hybridized carbons (Fsp3) is 0.684. The normalized spacial score (nSPS) is 50.3. The summed E-state index contributed by atoms with van der Waals surface area (Å²) in [5.41, 5.74) is -1.50. The Morgan fingerprint density at radius 1 is 1.28 bits per heavy atom. The molecule has 2 bridgehead atoms. The molecule has 0 spiro atoms. The van der Waals surface area contributed by atoms with Gasteiger partial charge in [-0.1, -0.05) is 13.8 Å². The monoisotopic (exact) mass is 348 g/mol. The van der Waals surface area contributed by atoms with Crippen LogP contribution in [0.3, 0.4) is 0 Å². The first-order chi connectivity index (χ1) is 11.5. The number of aliphatic hydroxyl groups is 1. The summed E-state index contributed by atoms with van der Waals surface area (Å²) in [6, 6.07) is 0. The molecule has 0 aromatic heterocycles. The standard InChI is InChI=1S/C19H24O6/c1-9(2)19(22)18(5)15-12(23-16(18)21)6-10(3)11-7-14(20)17(4,24-11)8-13(15)25-19/h6-7,9,12-13,15,22H,8H2,1-5H3/b10-6+/t12-,13+,15+,17+,18-,19+/m0/s1. The van der Waals surface area contributed by atoms with Crippen molar-refractivity contribution < 1.29 is 28.9 Å². The van der Waals surface area contributed by atoms with Crippen molar-refractivity contribution in [1.82, 2.24) is 0 Å². The second kappa shape index (κ2) is 4.74. The molecule has 0 saturated carbocycles. The lowest BCUT2D eigenvalue weighted by molar-refractivity contribution is -0.264. The van der Waals surface area contributed by atoms with Crippen LogP contribution >= 0.6 is 0 Å². The Labute approximate surface area is 146 Å². The van der Waals surface area contributed by atoms with Crippen LogP contribution in [0.25, 0.3) is 0 Å². The van der Waals surface area contributed by atoms with Crippen molar-refractivity contribution in [2.24, 2.45) is 17.3 Å². The molecule has 4 aliphatic rings. The van der Waals surface area contributed by atoms with Crippen molar-refractivity contribution >= 4 is 11.8 Å². The highest BCUT2D eigenvalue weighted by atomic mass is 16.7. The molecule has 1 N–H and O–H groups in total. The van der Waals surface area contributed by atoms with Crippen LogP contribution in [-0.2, 0) is 23.8 Å². The first kappa shape index (κ1) is 16.8. The summed E-state index contributed by atoms with van der Waals surface area (Å²) in [6.45, 7) is 8.91. The van der Waals surface area contributed by atoms with Crippen LogP contribution in [0.5, 0.6) is 0 Å². The maximum absolute atomic E-state index is 12.8. The molecule has 6 atom stereocenters. The highest BCUT2D eigenvalue weighted by Crippen LogP contribution is 2.60. The van der Waals surface area contributed by atoms with Gasteiger partial charge >= 0.3 is 5.97 Å². The van der Waals surface area contributed by atoms with E-state index in [2.05, 4.69) is 0 Å². The second-order valence-electron chi connectivity index (χ2n) is 8.37. The number of rotatable bonds is 1. The average molecular weight is 348 g/mol. The van der Waals surface area contributed by atoms with Gasteiger partial charge in [0.2, 0.25) is 5.78 Å². The topological polar surface area (TPSA) is 82.1 Å². The summed E-state index contributed by atoms with van der Waals surface area (Å²) in [5.74, 6) is -2.41. The van der Waals surface area contributed by atoms with E-state index < -0.39 is 35.0 Å². The molecule has 0 amide bonds.